The molecule has 0 aromatic carbocycles. The van der Waals surface area contributed by atoms with Crippen molar-refractivity contribution >= 4 is 11.8 Å². The summed E-state index contributed by atoms with van der Waals surface area (Å²) in [6.45, 7) is 6.95. The van der Waals surface area contributed by atoms with E-state index in [2.05, 4.69) is 30.9 Å². The van der Waals surface area contributed by atoms with Crippen LogP contribution in [0.5, 0.6) is 0 Å². The van der Waals surface area contributed by atoms with Crippen molar-refractivity contribution in [2.75, 3.05) is 24.6 Å². The Kier molecular flexibility index (Phi) is 5.18. The van der Waals surface area contributed by atoms with Crippen molar-refractivity contribution in [2.45, 2.75) is 39.5 Å². The molecule has 1 rings (SSSR count). The number of hydrogen-bond acceptors (Lipinski definition) is 2. The molecule has 0 aromatic rings. The third kappa shape index (κ3) is 4.37. The van der Waals surface area contributed by atoms with Crippen LogP contribution in [0.15, 0.2) is 0 Å². The molecular formula is C11H23NS. The van der Waals surface area contributed by atoms with Gasteiger partial charge in [0.05, 0.1) is 0 Å². The van der Waals surface area contributed by atoms with Gasteiger partial charge >= 0.3 is 0 Å². The average molecular weight is 201 g/mol. The summed E-state index contributed by atoms with van der Waals surface area (Å²) in [6.07, 6.45) is 5.63. The van der Waals surface area contributed by atoms with E-state index in [9.17, 15) is 0 Å². The topological polar surface area (TPSA) is 12.0 Å². The average Bonchev–Trinajstić information content (AvgIpc) is 2.87. The van der Waals surface area contributed by atoms with Crippen LogP contribution in [0.2, 0.25) is 0 Å². The molecule has 0 aromatic heterocycles. The van der Waals surface area contributed by atoms with E-state index in [1.54, 1.807) is 0 Å². The highest BCUT2D eigenvalue weighted by Gasteiger charge is 2.40. The van der Waals surface area contributed by atoms with Gasteiger partial charge in [-0.15, -0.1) is 0 Å². The quantitative estimate of drug-likeness (QED) is 0.606. The van der Waals surface area contributed by atoms with Crippen LogP contribution in [0.1, 0.15) is 39.5 Å². The number of nitrogens with one attached hydrogen (secondary N) is 1. The molecule has 0 unspecified atom stereocenters. The Hall–Kier alpha value is 0.310. The third-order valence-corrected chi connectivity index (χ3v) is 3.77. The monoisotopic (exact) mass is 201 g/mol. The molecule has 0 bridgehead atoms. The van der Waals surface area contributed by atoms with Crippen LogP contribution in [-0.2, 0) is 0 Å². The van der Waals surface area contributed by atoms with Gasteiger partial charge in [0.15, 0.2) is 0 Å². The van der Waals surface area contributed by atoms with Crippen LogP contribution in [-0.4, -0.2) is 24.6 Å². The lowest BCUT2D eigenvalue weighted by molar-refractivity contribution is 0.448. The molecule has 0 saturated heterocycles. The second-order valence-corrected chi connectivity index (χ2v) is 5.52. The fourth-order valence-electron chi connectivity index (χ4n) is 1.66. The third-order valence-electron chi connectivity index (χ3n) is 2.86. The maximum absolute atomic E-state index is 3.56. The minimum Gasteiger partial charge on any atom is -0.316 e. The molecule has 1 nitrogen and oxygen atoms in total. The molecule has 1 N–H and O–H groups in total. The van der Waals surface area contributed by atoms with Crippen LogP contribution in [0.4, 0.5) is 0 Å². The lowest BCUT2D eigenvalue weighted by Crippen LogP contribution is -2.25. The zero-order valence-corrected chi connectivity index (χ0v) is 9.88. The SMILES string of the molecule is CCCNCC1(CCSCC)CC1. The van der Waals surface area contributed by atoms with Crippen molar-refractivity contribution in [1.29, 1.82) is 0 Å². The smallest absolute Gasteiger partial charge is 0.000811 e. The first-order valence-corrected chi connectivity index (χ1v) is 6.77. The number of thioether (sulfide) groups is 1. The Balaban J connectivity index is 2.01. The van der Waals surface area contributed by atoms with Gasteiger partial charge in [-0.2, -0.15) is 11.8 Å². The summed E-state index contributed by atoms with van der Waals surface area (Å²) in [5, 5.41) is 3.56. The van der Waals surface area contributed by atoms with Gasteiger partial charge in [-0.3, -0.25) is 0 Å². The predicted molar refractivity (Wildman–Crippen MR) is 62.4 cm³/mol. The minimum absolute atomic E-state index is 0.720. The molecule has 1 fully saturated rings. The molecule has 1 aliphatic carbocycles. The van der Waals surface area contributed by atoms with Gasteiger partial charge in [-0.1, -0.05) is 13.8 Å². The summed E-state index contributed by atoms with van der Waals surface area (Å²) in [7, 11) is 0. The van der Waals surface area contributed by atoms with Gasteiger partial charge in [0.2, 0.25) is 0 Å². The summed E-state index contributed by atoms with van der Waals surface area (Å²) in [5.41, 5.74) is 0.720. The van der Waals surface area contributed by atoms with E-state index in [0.717, 1.165) is 5.41 Å². The largest absolute Gasteiger partial charge is 0.316 e. The summed E-state index contributed by atoms with van der Waals surface area (Å²) in [4.78, 5) is 0. The molecule has 0 heterocycles. The first-order valence-electron chi connectivity index (χ1n) is 5.61. The van der Waals surface area contributed by atoms with Gasteiger partial charge in [0.1, 0.15) is 0 Å². The second-order valence-electron chi connectivity index (χ2n) is 4.12. The molecule has 0 aliphatic heterocycles. The van der Waals surface area contributed by atoms with Gasteiger partial charge in [-0.05, 0) is 49.1 Å². The fraction of sp³-hybridized carbons (Fsp3) is 1.00. The summed E-state index contributed by atoms with van der Waals surface area (Å²) >= 11 is 2.09. The van der Waals surface area contributed by atoms with Crippen molar-refractivity contribution in [3.63, 3.8) is 0 Å². The molecule has 78 valence electrons. The zero-order chi connectivity index (χ0) is 9.57. The molecule has 1 aliphatic rings. The number of rotatable bonds is 8. The standard InChI is InChI=1S/C11H23NS/c1-3-8-12-10-11(5-6-11)7-9-13-4-2/h12H,3-10H2,1-2H3. The molecule has 0 atom stereocenters. The van der Waals surface area contributed by atoms with E-state index in [1.807, 2.05) is 0 Å². The van der Waals surface area contributed by atoms with Crippen LogP contribution < -0.4 is 5.32 Å². The first kappa shape index (κ1) is 11.4. The van der Waals surface area contributed by atoms with Crippen LogP contribution in [0, 0.1) is 5.41 Å². The lowest BCUT2D eigenvalue weighted by atomic mass is 10.0. The van der Waals surface area contributed by atoms with E-state index < -0.39 is 0 Å². The molecule has 0 spiro atoms. The van der Waals surface area contributed by atoms with Crippen molar-refractivity contribution < 1.29 is 0 Å². The Labute approximate surface area is 87.1 Å². The molecule has 0 amide bonds. The van der Waals surface area contributed by atoms with Crippen molar-refractivity contribution in [3.8, 4) is 0 Å². The summed E-state index contributed by atoms with van der Waals surface area (Å²) in [5.74, 6) is 2.64. The lowest BCUT2D eigenvalue weighted by Gasteiger charge is -2.15. The molecular weight excluding hydrogens is 178 g/mol. The van der Waals surface area contributed by atoms with E-state index in [0.29, 0.717) is 0 Å². The van der Waals surface area contributed by atoms with Gasteiger partial charge in [0, 0.05) is 6.54 Å². The molecule has 2 heteroatoms. The van der Waals surface area contributed by atoms with Crippen molar-refractivity contribution in [1.82, 2.24) is 5.32 Å². The van der Waals surface area contributed by atoms with Gasteiger partial charge in [0.25, 0.3) is 0 Å². The Morgan fingerprint density at radius 2 is 2.08 bits per heavy atom. The van der Waals surface area contributed by atoms with Crippen molar-refractivity contribution in [2.24, 2.45) is 5.41 Å². The van der Waals surface area contributed by atoms with Gasteiger partial charge in [-0.25, -0.2) is 0 Å². The Morgan fingerprint density at radius 1 is 1.31 bits per heavy atom. The van der Waals surface area contributed by atoms with Crippen LogP contribution in [0.3, 0.4) is 0 Å². The molecule has 0 radical (unpaired) electrons. The van der Waals surface area contributed by atoms with E-state index in [1.165, 1.54) is 50.3 Å². The highest BCUT2D eigenvalue weighted by molar-refractivity contribution is 7.99. The first-order chi connectivity index (χ1) is 6.33. The minimum atomic E-state index is 0.720. The normalized spacial score (nSPS) is 18.9. The maximum atomic E-state index is 3.56. The predicted octanol–water partition coefficient (Wildman–Crippen LogP) is 2.91. The van der Waals surface area contributed by atoms with Crippen molar-refractivity contribution in [3.05, 3.63) is 0 Å². The Morgan fingerprint density at radius 3 is 2.62 bits per heavy atom. The fourth-order valence-corrected chi connectivity index (χ4v) is 2.52. The van der Waals surface area contributed by atoms with Gasteiger partial charge < -0.3 is 5.32 Å². The van der Waals surface area contributed by atoms with E-state index >= 15 is 0 Å². The highest BCUT2D eigenvalue weighted by atomic mass is 32.2. The maximum Gasteiger partial charge on any atom is 0.000811 e. The summed E-state index contributed by atoms with van der Waals surface area (Å²) in [6, 6.07) is 0. The van der Waals surface area contributed by atoms with Crippen LogP contribution >= 0.6 is 11.8 Å². The molecule has 13 heavy (non-hydrogen) atoms. The van der Waals surface area contributed by atoms with E-state index in [-0.39, 0.29) is 0 Å². The zero-order valence-electron chi connectivity index (χ0n) is 9.07. The molecule has 1 saturated carbocycles. The second kappa shape index (κ2) is 5.92. The van der Waals surface area contributed by atoms with E-state index in [4.69, 9.17) is 0 Å². The Bertz CT molecular complexity index is 120. The summed E-state index contributed by atoms with van der Waals surface area (Å²) < 4.78 is 0. The number of hydrogen-bond donors (Lipinski definition) is 1. The van der Waals surface area contributed by atoms with Crippen LogP contribution in [0.25, 0.3) is 0 Å². The highest BCUT2D eigenvalue weighted by Crippen LogP contribution is 2.48.